The van der Waals surface area contributed by atoms with Crippen molar-refractivity contribution in [3.05, 3.63) is 35.4 Å². The van der Waals surface area contributed by atoms with Crippen LogP contribution in [0.2, 0.25) is 0 Å². The number of rotatable bonds is 4. The zero-order valence-electron chi connectivity index (χ0n) is 13.1. The van der Waals surface area contributed by atoms with Crippen LogP contribution in [0.4, 0.5) is 13.2 Å². The molecule has 1 aliphatic heterocycles. The third-order valence-electron chi connectivity index (χ3n) is 4.54. The number of piperazine rings is 1. The third kappa shape index (κ3) is 3.80. The molecule has 0 saturated carbocycles. The first-order valence-corrected chi connectivity index (χ1v) is 7.68. The number of nitrogens with two attached hydrogens (primary N) is 1. The Labute approximate surface area is 129 Å². The summed E-state index contributed by atoms with van der Waals surface area (Å²) in [6.45, 7) is 5.03. The maximum absolute atomic E-state index is 12.9. The van der Waals surface area contributed by atoms with Gasteiger partial charge in [0.1, 0.15) is 0 Å². The van der Waals surface area contributed by atoms with Crippen LogP contribution in [0, 0.1) is 0 Å². The molecular formula is C16H24F3N3. The van der Waals surface area contributed by atoms with Crippen molar-refractivity contribution < 1.29 is 13.2 Å². The molecule has 0 radical (unpaired) electrons. The molecule has 2 rings (SSSR count). The molecule has 1 saturated heterocycles. The van der Waals surface area contributed by atoms with Crippen LogP contribution in [0.1, 0.15) is 30.5 Å². The van der Waals surface area contributed by atoms with Crippen molar-refractivity contribution in [2.24, 2.45) is 5.73 Å². The van der Waals surface area contributed by atoms with Gasteiger partial charge in [-0.05, 0) is 31.2 Å². The summed E-state index contributed by atoms with van der Waals surface area (Å²) in [4.78, 5) is 4.51. The summed E-state index contributed by atoms with van der Waals surface area (Å²) < 4.78 is 38.7. The van der Waals surface area contributed by atoms with Crippen molar-refractivity contribution in [1.82, 2.24) is 9.80 Å². The predicted molar refractivity (Wildman–Crippen MR) is 81.5 cm³/mol. The molecule has 0 aliphatic carbocycles. The first kappa shape index (κ1) is 17.2. The summed E-state index contributed by atoms with van der Waals surface area (Å²) in [6.07, 6.45) is -3.30. The van der Waals surface area contributed by atoms with E-state index in [2.05, 4.69) is 23.8 Å². The molecule has 0 aromatic heterocycles. The van der Waals surface area contributed by atoms with Crippen LogP contribution in [0.5, 0.6) is 0 Å². The van der Waals surface area contributed by atoms with Gasteiger partial charge < -0.3 is 10.6 Å². The van der Waals surface area contributed by atoms with E-state index in [1.54, 1.807) is 6.07 Å². The second kappa shape index (κ2) is 6.98. The molecular weight excluding hydrogens is 291 g/mol. The Balaban J connectivity index is 2.21. The molecule has 3 nitrogen and oxygen atoms in total. The summed E-state index contributed by atoms with van der Waals surface area (Å²) >= 11 is 0. The van der Waals surface area contributed by atoms with Gasteiger partial charge in [0.15, 0.2) is 0 Å². The monoisotopic (exact) mass is 315 g/mol. The van der Waals surface area contributed by atoms with Gasteiger partial charge >= 0.3 is 6.18 Å². The van der Waals surface area contributed by atoms with Gasteiger partial charge in [-0.2, -0.15) is 13.2 Å². The topological polar surface area (TPSA) is 32.5 Å². The normalized spacial score (nSPS) is 22.7. The maximum atomic E-state index is 12.9. The lowest BCUT2D eigenvalue weighted by atomic mass is 10.00. The summed E-state index contributed by atoms with van der Waals surface area (Å²) in [7, 11) is 2.09. The van der Waals surface area contributed by atoms with E-state index in [4.69, 9.17) is 5.73 Å². The largest absolute Gasteiger partial charge is 0.416 e. The van der Waals surface area contributed by atoms with E-state index >= 15 is 0 Å². The van der Waals surface area contributed by atoms with E-state index in [0.717, 1.165) is 32.1 Å². The summed E-state index contributed by atoms with van der Waals surface area (Å²) in [5.41, 5.74) is 5.92. The predicted octanol–water partition coefficient (Wildman–Crippen LogP) is 2.73. The van der Waals surface area contributed by atoms with E-state index < -0.39 is 11.7 Å². The number of benzene rings is 1. The molecule has 0 amide bonds. The summed E-state index contributed by atoms with van der Waals surface area (Å²) in [6, 6.07) is 5.81. The average molecular weight is 315 g/mol. The van der Waals surface area contributed by atoms with Crippen LogP contribution in [0.25, 0.3) is 0 Å². The zero-order chi connectivity index (χ0) is 16.3. The van der Waals surface area contributed by atoms with Gasteiger partial charge in [0.05, 0.1) is 5.56 Å². The van der Waals surface area contributed by atoms with Crippen molar-refractivity contribution in [1.29, 1.82) is 0 Å². The third-order valence-corrected chi connectivity index (χ3v) is 4.54. The Kier molecular flexibility index (Phi) is 5.47. The van der Waals surface area contributed by atoms with Crippen molar-refractivity contribution in [2.75, 3.05) is 33.2 Å². The molecule has 1 aliphatic rings. The molecule has 2 atom stereocenters. The van der Waals surface area contributed by atoms with Gasteiger partial charge in [-0.25, -0.2) is 0 Å². The maximum Gasteiger partial charge on any atom is 0.416 e. The Morgan fingerprint density at radius 2 is 2.05 bits per heavy atom. The number of hydrogen-bond acceptors (Lipinski definition) is 3. The van der Waals surface area contributed by atoms with Gasteiger partial charge in [-0.3, -0.25) is 4.90 Å². The van der Waals surface area contributed by atoms with Crippen LogP contribution in [0.3, 0.4) is 0 Å². The van der Waals surface area contributed by atoms with Crippen LogP contribution in [-0.2, 0) is 6.18 Å². The van der Waals surface area contributed by atoms with Crippen molar-refractivity contribution >= 4 is 0 Å². The van der Waals surface area contributed by atoms with E-state index in [1.807, 2.05) is 0 Å². The van der Waals surface area contributed by atoms with Crippen molar-refractivity contribution in [3.63, 3.8) is 0 Å². The molecule has 6 heteroatoms. The van der Waals surface area contributed by atoms with Crippen molar-refractivity contribution in [2.45, 2.75) is 31.6 Å². The number of hydrogen-bond donors (Lipinski definition) is 1. The van der Waals surface area contributed by atoms with Gasteiger partial charge in [0.25, 0.3) is 0 Å². The number of alkyl halides is 3. The lowest BCUT2D eigenvalue weighted by molar-refractivity contribution is -0.137. The highest BCUT2D eigenvalue weighted by molar-refractivity contribution is 5.28. The van der Waals surface area contributed by atoms with E-state index in [0.29, 0.717) is 18.2 Å². The molecule has 22 heavy (non-hydrogen) atoms. The highest BCUT2D eigenvalue weighted by Crippen LogP contribution is 2.32. The molecule has 1 aromatic carbocycles. The smallest absolute Gasteiger partial charge is 0.329 e. The van der Waals surface area contributed by atoms with E-state index in [-0.39, 0.29) is 6.04 Å². The number of halogens is 3. The highest BCUT2D eigenvalue weighted by Gasteiger charge is 2.32. The molecule has 0 spiro atoms. The minimum Gasteiger partial charge on any atom is -0.329 e. The van der Waals surface area contributed by atoms with E-state index in [1.165, 1.54) is 12.1 Å². The molecule has 1 aromatic rings. The number of nitrogens with zero attached hydrogens (tertiary/aromatic N) is 2. The Morgan fingerprint density at radius 1 is 1.32 bits per heavy atom. The van der Waals surface area contributed by atoms with Gasteiger partial charge in [-0.1, -0.05) is 19.1 Å². The molecule has 124 valence electrons. The fourth-order valence-corrected chi connectivity index (χ4v) is 3.11. The van der Waals surface area contributed by atoms with Crippen LogP contribution < -0.4 is 5.73 Å². The molecule has 1 fully saturated rings. The lowest BCUT2D eigenvalue weighted by Crippen LogP contribution is -2.53. The fourth-order valence-electron chi connectivity index (χ4n) is 3.11. The summed E-state index contributed by atoms with van der Waals surface area (Å²) in [5.74, 6) is 0. The fraction of sp³-hybridized carbons (Fsp3) is 0.625. The Bertz CT molecular complexity index is 490. The second-order valence-electron chi connectivity index (χ2n) is 5.91. The first-order chi connectivity index (χ1) is 10.4. The van der Waals surface area contributed by atoms with E-state index in [9.17, 15) is 13.2 Å². The first-order valence-electron chi connectivity index (χ1n) is 7.68. The van der Waals surface area contributed by atoms with Crippen LogP contribution in [0.15, 0.2) is 24.3 Å². The highest BCUT2D eigenvalue weighted by atomic mass is 19.4. The zero-order valence-corrected chi connectivity index (χ0v) is 13.1. The Morgan fingerprint density at radius 3 is 2.64 bits per heavy atom. The second-order valence-corrected chi connectivity index (χ2v) is 5.91. The molecule has 2 unspecified atom stereocenters. The molecule has 2 N–H and O–H groups in total. The van der Waals surface area contributed by atoms with Crippen LogP contribution in [-0.4, -0.2) is 49.1 Å². The quantitative estimate of drug-likeness (QED) is 0.927. The van der Waals surface area contributed by atoms with Gasteiger partial charge in [0.2, 0.25) is 0 Å². The SMILES string of the molecule is CCC1CN(C(CN)c2cccc(C(F)(F)F)c2)CCN1C. The molecule has 0 bridgehead atoms. The minimum atomic E-state index is -4.32. The molecule has 1 heterocycles. The van der Waals surface area contributed by atoms with Gasteiger partial charge in [-0.15, -0.1) is 0 Å². The summed E-state index contributed by atoms with van der Waals surface area (Å²) in [5, 5.41) is 0. The number of likely N-dealkylation sites (N-methyl/N-ethyl adjacent to an activating group) is 1. The average Bonchev–Trinajstić information content (AvgIpc) is 2.49. The van der Waals surface area contributed by atoms with Gasteiger partial charge in [0, 0.05) is 38.3 Å². The van der Waals surface area contributed by atoms with Crippen molar-refractivity contribution in [3.8, 4) is 0 Å². The lowest BCUT2D eigenvalue weighted by Gasteiger charge is -2.42. The Hall–Kier alpha value is -1.11. The standard InChI is InChI=1S/C16H24F3N3/c1-3-14-11-22(8-7-21(14)2)15(10-20)12-5-4-6-13(9-12)16(17,18)19/h4-6,9,14-15H,3,7-8,10-11,20H2,1-2H3. The van der Waals surface area contributed by atoms with Crippen LogP contribution >= 0.6 is 0 Å². The minimum absolute atomic E-state index is 0.162.